The lowest BCUT2D eigenvalue weighted by Crippen LogP contribution is -2.44. The van der Waals surface area contributed by atoms with E-state index in [2.05, 4.69) is 32.3 Å². The highest BCUT2D eigenvalue weighted by atomic mass is 32.2. The molecule has 0 aromatic heterocycles. The van der Waals surface area contributed by atoms with Gasteiger partial charge in [-0.05, 0) is 18.6 Å². The van der Waals surface area contributed by atoms with Gasteiger partial charge in [-0.15, -0.1) is 0 Å². The molecule has 1 aromatic carbocycles. The molecule has 1 N–H and O–H groups in total. The minimum absolute atomic E-state index is 0.180. The topological polar surface area (TPSA) is 65.0 Å². The Hall–Kier alpha value is -1.93. The highest BCUT2D eigenvalue weighted by Gasteiger charge is 2.29. The second-order valence-electron chi connectivity index (χ2n) is 6.54. The highest BCUT2D eigenvalue weighted by molar-refractivity contribution is 7.91. The largest absolute Gasteiger partial charge is 0.355 e. The molecule has 2 aliphatic heterocycles. The summed E-state index contributed by atoms with van der Waals surface area (Å²) in [5.41, 5.74) is 0. The summed E-state index contributed by atoms with van der Waals surface area (Å²) in [6.45, 7) is 3.94. The normalized spacial score (nSPS) is 21.5. The third-order valence-electron chi connectivity index (χ3n) is 4.86. The first kappa shape index (κ1) is 18.8. The summed E-state index contributed by atoms with van der Waals surface area (Å²) < 4.78 is 38.4. The monoisotopic (exact) mass is 380 g/mol. The van der Waals surface area contributed by atoms with Gasteiger partial charge in [0.15, 0.2) is 15.8 Å². The molecule has 0 amide bonds. The third kappa shape index (κ3) is 4.24. The van der Waals surface area contributed by atoms with Crippen molar-refractivity contribution in [2.45, 2.75) is 17.4 Å². The molecule has 1 aromatic rings. The molecule has 142 valence electrons. The Morgan fingerprint density at radius 2 is 2.04 bits per heavy atom. The van der Waals surface area contributed by atoms with Crippen molar-refractivity contribution in [3.8, 4) is 0 Å². The first-order chi connectivity index (χ1) is 12.5. The Kier molecular flexibility index (Phi) is 5.93. The number of likely N-dealkylation sites (tertiary alicyclic amines) is 1. The second kappa shape index (κ2) is 8.18. The van der Waals surface area contributed by atoms with Gasteiger partial charge in [0.05, 0.1) is 5.75 Å². The molecule has 1 unspecified atom stereocenters. The maximum atomic E-state index is 13.7. The zero-order valence-corrected chi connectivity index (χ0v) is 15.8. The van der Waals surface area contributed by atoms with Crippen LogP contribution in [-0.2, 0) is 9.84 Å². The summed E-state index contributed by atoms with van der Waals surface area (Å²) in [5, 5.41) is 3.11. The molecule has 2 aliphatic rings. The summed E-state index contributed by atoms with van der Waals surface area (Å²) in [6, 6.07) is 5.96. The van der Waals surface area contributed by atoms with E-state index in [9.17, 15) is 12.8 Å². The zero-order valence-electron chi connectivity index (χ0n) is 14.9. The van der Waals surface area contributed by atoms with E-state index < -0.39 is 15.7 Å². The average Bonchev–Trinajstić information content (AvgIpc) is 3.30. The Morgan fingerprint density at radius 1 is 1.31 bits per heavy atom. The number of hydrogen-bond acceptors (Lipinski definition) is 4. The predicted molar refractivity (Wildman–Crippen MR) is 101 cm³/mol. The van der Waals surface area contributed by atoms with Crippen LogP contribution in [0.1, 0.15) is 6.42 Å². The molecule has 0 spiro atoms. The number of sulfone groups is 1. The minimum atomic E-state index is -3.67. The Balaban J connectivity index is 1.53. The minimum Gasteiger partial charge on any atom is -0.355 e. The van der Waals surface area contributed by atoms with Gasteiger partial charge in [0.2, 0.25) is 0 Å². The Labute approximate surface area is 154 Å². The maximum Gasteiger partial charge on any atom is 0.193 e. The van der Waals surface area contributed by atoms with Gasteiger partial charge < -0.3 is 10.2 Å². The van der Waals surface area contributed by atoms with Gasteiger partial charge >= 0.3 is 0 Å². The van der Waals surface area contributed by atoms with Crippen LogP contribution in [0, 0.1) is 5.82 Å². The number of hydrogen-bond donors (Lipinski definition) is 1. The van der Waals surface area contributed by atoms with Crippen LogP contribution in [0.3, 0.4) is 0 Å². The van der Waals surface area contributed by atoms with Crippen LogP contribution in [0.4, 0.5) is 4.39 Å². The molecule has 26 heavy (non-hydrogen) atoms. The van der Waals surface area contributed by atoms with Crippen LogP contribution in [0.5, 0.6) is 0 Å². The maximum absolute atomic E-state index is 13.7. The van der Waals surface area contributed by atoms with Crippen molar-refractivity contribution in [3.63, 3.8) is 0 Å². The fraction of sp³-hybridized carbons (Fsp3) is 0.500. The van der Waals surface area contributed by atoms with Gasteiger partial charge in [-0.1, -0.05) is 24.3 Å². The number of benzene rings is 1. The van der Waals surface area contributed by atoms with Gasteiger partial charge in [0.1, 0.15) is 10.7 Å². The van der Waals surface area contributed by atoms with E-state index in [4.69, 9.17) is 0 Å². The quantitative estimate of drug-likeness (QED) is 0.471. The van der Waals surface area contributed by atoms with Gasteiger partial charge in [0.25, 0.3) is 0 Å². The number of guanidine groups is 1. The van der Waals surface area contributed by atoms with E-state index in [0.717, 1.165) is 38.7 Å². The Bertz CT molecular complexity index is 786. The summed E-state index contributed by atoms with van der Waals surface area (Å²) in [5.74, 6) is -0.192. The molecule has 0 bridgehead atoms. The number of aliphatic imine (C=N–C) groups is 1. The fourth-order valence-corrected chi connectivity index (χ4v) is 4.70. The molecule has 2 heterocycles. The van der Waals surface area contributed by atoms with E-state index in [-0.39, 0.29) is 17.2 Å². The molecule has 1 fully saturated rings. The van der Waals surface area contributed by atoms with Gasteiger partial charge in [-0.3, -0.25) is 9.89 Å². The Morgan fingerprint density at radius 3 is 2.73 bits per heavy atom. The van der Waals surface area contributed by atoms with Crippen LogP contribution in [-0.4, -0.2) is 75.7 Å². The lowest BCUT2D eigenvalue weighted by Gasteiger charge is -2.25. The standard InChI is InChI=1S/C18H25FN4O2S/c1-20-18(23-12-8-15(14-23)22-10-4-5-11-22)21-9-13-26(24,25)17-7-3-2-6-16(17)19/h2-7,15H,8-14H2,1H3,(H,20,21). The van der Waals surface area contributed by atoms with Crippen molar-refractivity contribution >= 4 is 15.8 Å². The first-order valence-electron chi connectivity index (χ1n) is 8.83. The first-order valence-corrected chi connectivity index (χ1v) is 10.5. The van der Waals surface area contributed by atoms with Crippen LogP contribution in [0.2, 0.25) is 0 Å². The molecule has 1 atom stereocenters. The molecule has 3 rings (SSSR count). The fourth-order valence-electron chi connectivity index (χ4n) is 3.46. The van der Waals surface area contributed by atoms with Crippen LogP contribution < -0.4 is 5.32 Å². The van der Waals surface area contributed by atoms with E-state index in [1.54, 1.807) is 7.05 Å². The summed E-state index contributed by atoms with van der Waals surface area (Å²) in [6.07, 6.45) is 5.43. The average molecular weight is 380 g/mol. The molecule has 0 radical (unpaired) electrons. The lowest BCUT2D eigenvalue weighted by molar-refractivity contribution is 0.259. The number of nitrogens with one attached hydrogen (secondary N) is 1. The summed E-state index contributed by atoms with van der Waals surface area (Å²) in [4.78, 5) is 8.60. The van der Waals surface area contributed by atoms with E-state index >= 15 is 0 Å². The third-order valence-corrected chi connectivity index (χ3v) is 6.61. The molecular weight excluding hydrogens is 355 g/mol. The van der Waals surface area contributed by atoms with Crippen LogP contribution in [0.25, 0.3) is 0 Å². The van der Waals surface area contributed by atoms with Crippen LogP contribution >= 0.6 is 0 Å². The number of halogens is 1. The van der Waals surface area contributed by atoms with Gasteiger partial charge in [-0.25, -0.2) is 12.8 Å². The number of nitrogens with zero attached hydrogens (tertiary/aromatic N) is 3. The molecule has 0 saturated carbocycles. The molecule has 6 nitrogen and oxygen atoms in total. The lowest BCUT2D eigenvalue weighted by atomic mass is 10.2. The van der Waals surface area contributed by atoms with Crippen molar-refractivity contribution in [2.75, 3.05) is 45.5 Å². The predicted octanol–water partition coefficient (Wildman–Crippen LogP) is 1.12. The SMILES string of the molecule is CN=C(NCCS(=O)(=O)c1ccccc1F)N1CCC(N2CC=CC2)C1. The van der Waals surface area contributed by atoms with Crippen molar-refractivity contribution in [1.82, 2.24) is 15.1 Å². The van der Waals surface area contributed by atoms with Gasteiger partial charge in [0, 0.05) is 45.8 Å². The van der Waals surface area contributed by atoms with Crippen LogP contribution in [0.15, 0.2) is 46.3 Å². The molecule has 0 aliphatic carbocycles. The smallest absolute Gasteiger partial charge is 0.193 e. The molecule has 8 heteroatoms. The van der Waals surface area contributed by atoms with Gasteiger partial charge in [-0.2, -0.15) is 0 Å². The summed E-state index contributed by atoms with van der Waals surface area (Å²) in [7, 11) is -1.98. The zero-order chi connectivity index (χ0) is 18.6. The second-order valence-corrected chi connectivity index (χ2v) is 8.61. The van der Waals surface area contributed by atoms with E-state index in [1.807, 2.05) is 0 Å². The van der Waals surface area contributed by atoms with E-state index in [1.165, 1.54) is 18.2 Å². The molecule has 1 saturated heterocycles. The van der Waals surface area contributed by atoms with Crippen molar-refractivity contribution in [1.29, 1.82) is 0 Å². The van der Waals surface area contributed by atoms with E-state index in [0.29, 0.717) is 12.0 Å². The van der Waals surface area contributed by atoms with Crippen molar-refractivity contribution in [3.05, 3.63) is 42.2 Å². The highest BCUT2D eigenvalue weighted by Crippen LogP contribution is 2.18. The molecular formula is C18H25FN4O2S. The number of rotatable bonds is 5. The van der Waals surface area contributed by atoms with Crippen molar-refractivity contribution < 1.29 is 12.8 Å². The van der Waals surface area contributed by atoms with Crippen molar-refractivity contribution in [2.24, 2.45) is 4.99 Å². The summed E-state index contributed by atoms with van der Waals surface area (Å²) >= 11 is 0.